The SMILES string of the molecule is O=C(O)C1(Cc2ccc(Br)s2)CCOc2ccccc21. The molecule has 1 aliphatic heterocycles. The lowest BCUT2D eigenvalue weighted by molar-refractivity contribution is -0.145. The third kappa shape index (κ3) is 2.25. The number of benzene rings is 1. The van der Waals surface area contributed by atoms with Crippen LogP contribution in [-0.2, 0) is 16.6 Å². The molecule has 0 aliphatic carbocycles. The molecular weight excluding hydrogens is 340 g/mol. The zero-order chi connectivity index (χ0) is 14.2. The Labute approximate surface area is 129 Å². The van der Waals surface area contributed by atoms with Gasteiger partial charge < -0.3 is 9.84 Å². The number of hydrogen-bond acceptors (Lipinski definition) is 3. The fraction of sp³-hybridized carbons (Fsp3) is 0.267. The Morgan fingerprint density at radius 2 is 2.15 bits per heavy atom. The molecule has 104 valence electrons. The minimum absolute atomic E-state index is 0.440. The number of rotatable bonds is 3. The number of thiophene rings is 1. The van der Waals surface area contributed by atoms with Crippen LogP contribution >= 0.6 is 27.3 Å². The summed E-state index contributed by atoms with van der Waals surface area (Å²) in [4.78, 5) is 13.1. The first kappa shape index (κ1) is 13.6. The van der Waals surface area contributed by atoms with Crippen molar-refractivity contribution in [3.8, 4) is 5.75 Å². The predicted octanol–water partition coefficient (Wildman–Crippen LogP) is 3.86. The maximum atomic E-state index is 12.0. The van der Waals surface area contributed by atoms with Crippen molar-refractivity contribution >= 4 is 33.2 Å². The van der Waals surface area contributed by atoms with Crippen LogP contribution in [0.3, 0.4) is 0 Å². The zero-order valence-corrected chi connectivity index (χ0v) is 13.0. The van der Waals surface area contributed by atoms with Crippen LogP contribution < -0.4 is 4.74 Å². The molecule has 1 atom stereocenters. The summed E-state index contributed by atoms with van der Waals surface area (Å²) in [5.74, 6) is -0.0884. The van der Waals surface area contributed by atoms with E-state index in [0.29, 0.717) is 25.2 Å². The van der Waals surface area contributed by atoms with Crippen LogP contribution in [0.2, 0.25) is 0 Å². The molecule has 3 rings (SSSR count). The summed E-state index contributed by atoms with van der Waals surface area (Å²) in [6, 6.07) is 11.4. The van der Waals surface area contributed by atoms with E-state index in [9.17, 15) is 9.90 Å². The second-order valence-electron chi connectivity index (χ2n) is 4.86. The van der Waals surface area contributed by atoms with Crippen molar-refractivity contribution in [2.24, 2.45) is 0 Å². The van der Waals surface area contributed by atoms with Crippen LogP contribution in [0.4, 0.5) is 0 Å². The molecule has 0 bridgehead atoms. The van der Waals surface area contributed by atoms with Gasteiger partial charge in [-0.15, -0.1) is 11.3 Å². The Morgan fingerprint density at radius 3 is 2.85 bits per heavy atom. The highest BCUT2D eigenvalue weighted by Gasteiger charge is 2.45. The van der Waals surface area contributed by atoms with Crippen molar-refractivity contribution < 1.29 is 14.6 Å². The predicted molar refractivity (Wildman–Crippen MR) is 81.6 cm³/mol. The van der Waals surface area contributed by atoms with Gasteiger partial charge in [0.25, 0.3) is 0 Å². The monoisotopic (exact) mass is 352 g/mol. The van der Waals surface area contributed by atoms with Gasteiger partial charge in [0.15, 0.2) is 0 Å². The molecular formula is C15H13BrO3S. The van der Waals surface area contributed by atoms with Gasteiger partial charge in [-0.25, -0.2) is 0 Å². The van der Waals surface area contributed by atoms with Crippen LogP contribution in [0, 0.1) is 0 Å². The summed E-state index contributed by atoms with van der Waals surface area (Å²) in [7, 11) is 0. The molecule has 0 radical (unpaired) electrons. The number of aliphatic carboxylic acids is 1. The lowest BCUT2D eigenvalue weighted by Gasteiger charge is -2.35. The molecule has 1 N–H and O–H groups in total. The first-order valence-corrected chi connectivity index (χ1v) is 7.93. The van der Waals surface area contributed by atoms with E-state index in [-0.39, 0.29) is 0 Å². The number of para-hydroxylation sites is 1. The van der Waals surface area contributed by atoms with Gasteiger partial charge in [-0.1, -0.05) is 18.2 Å². The highest BCUT2D eigenvalue weighted by molar-refractivity contribution is 9.11. The van der Waals surface area contributed by atoms with Gasteiger partial charge in [-0.2, -0.15) is 0 Å². The number of hydrogen-bond donors (Lipinski definition) is 1. The topological polar surface area (TPSA) is 46.5 Å². The molecule has 0 amide bonds. The summed E-state index contributed by atoms with van der Waals surface area (Å²) >= 11 is 5.01. The molecule has 0 spiro atoms. The van der Waals surface area contributed by atoms with E-state index < -0.39 is 11.4 Å². The van der Waals surface area contributed by atoms with Crippen LogP contribution in [-0.4, -0.2) is 17.7 Å². The van der Waals surface area contributed by atoms with Gasteiger partial charge in [-0.05, 0) is 34.1 Å². The van der Waals surface area contributed by atoms with Crippen molar-refractivity contribution in [1.82, 2.24) is 0 Å². The summed E-state index contributed by atoms with van der Waals surface area (Å²) in [6.45, 7) is 0.440. The maximum Gasteiger partial charge on any atom is 0.314 e. The number of carboxylic acid groups (broad SMARTS) is 1. The van der Waals surface area contributed by atoms with Crippen molar-refractivity contribution in [3.63, 3.8) is 0 Å². The molecule has 3 nitrogen and oxygen atoms in total. The zero-order valence-electron chi connectivity index (χ0n) is 10.6. The van der Waals surface area contributed by atoms with E-state index in [0.717, 1.165) is 14.2 Å². The standard InChI is InChI=1S/C15H13BrO3S/c16-13-6-5-10(20-13)9-15(14(17)18)7-8-19-12-4-2-1-3-11(12)15/h1-6H,7-9H2,(H,17,18). The summed E-state index contributed by atoms with van der Waals surface area (Å²) < 4.78 is 6.62. The Kier molecular flexibility index (Phi) is 3.56. The number of ether oxygens (including phenoxy) is 1. The normalized spacial score (nSPS) is 21.1. The van der Waals surface area contributed by atoms with Crippen molar-refractivity contribution in [1.29, 1.82) is 0 Å². The fourth-order valence-corrected chi connectivity index (χ4v) is 4.28. The van der Waals surface area contributed by atoms with Gasteiger partial charge in [0.2, 0.25) is 0 Å². The second kappa shape index (κ2) is 5.22. The number of carbonyl (C=O) groups is 1. The third-order valence-electron chi connectivity index (χ3n) is 3.70. The quantitative estimate of drug-likeness (QED) is 0.912. The molecule has 0 fully saturated rings. The van der Waals surface area contributed by atoms with Crippen LogP contribution in [0.15, 0.2) is 40.2 Å². The van der Waals surface area contributed by atoms with Crippen LogP contribution in [0.5, 0.6) is 5.75 Å². The maximum absolute atomic E-state index is 12.0. The molecule has 1 aliphatic rings. The smallest absolute Gasteiger partial charge is 0.314 e. The van der Waals surface area contributed by atoms with Gasteiger partial charge in [0, 0.05) is 23.3 Å². The number of carboxylic acids is 1. The van der Waals surface area contributed by atoms with Crippen LogP contribution in [0.25, 0.3) is 0 Å². The van der Waals surface area contributed by atoms with Crippen molar-refractivity contribution in [3.05, 3.63) is 50.6 Å². The van der Waals surface area contributed by atoms with Gasteiger partial charge in [0.05, 0.1) is 10.4 Å². The Bertz CT molecular complexity index is 652. The third-order valence-corrected chi connectivity index (χ3v) is 5.33. The molecule has 0 saturated carbocycles. The van der Waals surface area contributed by atoms with E-state index in [1.54, 1.807) is 11.3 Å². The van der Waals surface area contributed by atoms with E-state index in [4.69, 9.17) is 4.74 Å². The van der Waals surface area contributed by atoms with Crippen molar-refractivity contribution in [2.75, 3.05) is 6.61 Å². The summed E-state index contributed by atoms with van der Waals surface area (Å²) in [6.07, 6.45) is 0.994. The molecule has 2 heterocycles. The van der Waals surface area contributed by atoms with E-state index in [2.05, 4.69) is 15.9 Å². The minimum atomic E-state index is -0.890. The molecule has 1 unspecified atom stereocenters. The van der Waals surface area contributed by atoms with Gasteiger partial charge in [-0.3, -0.25) is 4.79 Å². The molecule has 5 heteroatoms. The van der Waals surface area contributed by atoms with Crippen LogP contribution in [0.1, 0.15) is 16.9 Å². The van der Waals surface area contributed by atoms with Gasteiger partial charge >= 0.3 is 5.97 Å². The first-order valence-electron chi connectivity index (χ1n) is 6.32. The highest BCUT2D eigenvalue weighted by Crippen LogP contribution is 2.42. The number of halogens is 1. The van der Waals surface area contributed by atoms with E-state index >= 15 is 0 Å². The van der Waals surface area contributed by atoms with Crippen molar-refractivity contribution in [2.45, 2.75) is 18.3 Å². The highest BCUT2D eigenvalue weighted by atomic mass is 79.9. The first-order chi connectivity index (χ1) is 9.62. The largest absolute Gasteiger partial charge is 0.493 e. The Hall–Kier alpha value is -1.33. The average molecular weight is 353 g/mol. The lowest BCUT2D eigenvalue weighted by atomic mass is 9.73. The molecule has 0 saturated heterocycles. The lowest BCUT2D eigenvalue weighted by Crippen LogP contribution is -2.42. The second-order valence-corrected chi connectivity index (χ2v) is 7.41. The Balaban J connectivity index is 2.07. The van der Waals surface area contributed by atoms with E-state index in [1.165, 1.54) is 0 Å². The number of fused-ring (bicyclic) bond motifs is 1. The van der Waals surface area contributed by atoms with E-state index in [1.807, 2.05) is 36.4 Å². The summed E-state index contributed by atoms with van der Waals surface area (Å²) in [5.41, 5.74) is -0.109. The molecule has 1 aromatic heterocycles. The summed E-state index contributed by atoms with van der Waals surface area (Å²) in [5, 5.41) is 9.84. The average Bonchev–Trinajstić information content (AvgIpc) is 2.84. The Morgan fingerprint density at radius 1 is 1.35 bits per heavy atom. The minimum Gasteiger partial charge on any atom is -0.493 e. The molecule has 1 aromatic carbocycles. The molecule has 2 aromatic rings. The molecule has 20 heavy (non-hydrogen) atoms. The fourth-order valence-electron chi connectivity index (χ4n) is 2.68. The van der Waals surface area contributed by atoms with Gasteiger partial charge in [0.1, 0.15) is 11.2 Å².